The van der Waals surface area contributed by atoms with Gasteiger partial charge < -0.3 is 15.2 Å². The molecule has 5 nitrogen and oxygen atoms in total. The quantitative estimate of drug-likeness (QED) is 0.711. The number of aromatic carboxylic acids is 1. The molecule has 0 amide bonds. The molecule has 1 aromatic rings. The Kier molecular flexibility index (Phi) is 5.42. The van der Waals surface area contributed by atoms with Crippen LogP contribution >= 0.6 is 0 Å². The fourth-order valence-corrected chi connectivity index (χ4v) is 1.32. The van der Waals surface area contributed by atoms with Crippen LogP contribution in [0.15, 0.2) is 18.3 Å². The van der Waals surface area contributed by atoms with E-state index >= 15 is 0 Å². The average molecular weight is 238 g/mol. The van der Waals surface area contributed by atoms with Crippen LogP contribution in [-0.4, -0.2) is 35.3 Å². The van der Waals surface area contributed by atoms with E-state index in [-0.39, 0.29) is 11.7 Å². The normalized spacial score (nSPS) is 10.5. The number of hydrogen-bond donors (Lipinski definition) is 2. The largest absolute Gasteiger partial charge is 0.478 e. The highest BCUT2D eigenvalue weighted by Gasteiger charge is 2.09. The van der Waals surface area contributed by atoms with E-state index in [9.17, 15) is 4.79 Å². The number of anilines is 1. The van der Waals surface area contributed by atoms with Gasteiger partial charge >= 0.3 is 5.97 Å². The van der Waals surface area contributed by atoms with Gasteiger partial charge in [0.1, 0.15) is 11.4 Å². The van der Waals surface area contributed by atoms with Crippen molar-refractivity contribution < 1.29 is 14.6 Å². The highest BCUT2D eigenvalue weighted by Crippen LogP contribution is 2.10. The van der Waals surface area contributed by atoms with E-state index in [1.54, 1.807) is 12.3 Å². The number of carboxylic acid groups (broad SMARTS) is 1. The van der Waals surface area contributed by atoms with E-state index in [1.807, 2.05) is 13.8 Å². The molecule has 0 fully saturated rings. The second-order valence-electron chi connectivity index (χ2n) is 3.90. The summed E-state index contributed by atoms with van der Waals surface area (Å²) < 4.78 is 5.38. The molecule has 0 unspecified atom stereocenters. The van der Waals surface area contributed by atoms with Crippen LogP contribution in [0.2, 0.25) is 0 Å². The summed E-state index contributed by atoms with van der Waals surface area (Å²) in [6, 6.07) is 3.14. The van der Waals surface area contributed by atoms with Gasteiger partial charge in [0.25, 0.3) is 0 Å². The number of ether oxygens (including phenoxy) is 1. The topological polar surface area (TPSA) is 71.5 Å². The number of rotatable bonds is 7. The molecule has 1 aromatic heterocycles. The number of nitrogens with one attached hydrogen (secondary N) is 1. The third kappa shape index (κ3) is 4.82. The van der Waals surface area contributed by atoms with Crippen LogP contribution in [0.3, 0.4) is 0 Å². The lowest BCUT2D eigenvalue weighted by Crippen LogP contribution is -2.12. The molecule has 5 heteroatoms. The first-order valence-electron chi connectivity index (χ1n) is 5.65. The van der Waals surface area contributed by atoms with E-state index in [0.717, 1.165) is 6.42 Å². The summed E-state index contributed by atoms with van der Waals surface area (Å²) in [5.74, 6) is -0.566. The summed E-state index contributed by atoms with van der Waals surface area (Å²) in [4.78, 5) is 14.9. The predicted octanol–water partition coefficient (Wildman–Crippen LogP) is 2.01. The minimum atomic E-state index is -0.973. The highest BCUT2D eigenvalue weighted by atomic mass is 16.5. The molecule has 0 aliphatic rings. The van der Waals surface area contributed by atoms with Crippen LogP contribution in [0.4, 0.5) is 5.82 Å². The zero-order chi connectivity index (χ0) is 12.7. The molecule has 0 saturated carbocycles. The Morgan fingerprint density at radius 2 is 2.35 bits per heavy atom. The minimum Gasteiger partial charge on any atom is -0.478 e. The lowest BCUT2D eigenvalue weighted by atomic mass is 10.2. The van der Waals surface area contributed by atoms with Gasteiger partial charge in [-0.15, -0.1) is 0 Å². The first-order valence-corrected chi connectivity index (χ1v) is 5.65. The lowest BCUT2D eigenvalue weighted by molar-refractivity contribution is 0.0697. The molecule has 0 atom stereocenters. The summed E-state index contributed by atoms with van der Waals surface area (Å²) in [6.45, 7) is 5.26. The number of carbonyl (C=O) groups is 1. The van der Waals surface area contributed by atoms with Crippen LogP contribution in [0.1, 0.15) is 30.6 Å². The van der Waals surface area contributed by atoms with Crippen LogP contribution in [0.25, 0.3) is 0 Å². The summed E-state index contributed by atoms with van der Waals surface area (Å²) in [5, 5.41) is 11.9. The van der Waals surface area contributed by atoms with E-state index < -0.39 is 5.97 Å². The number of nitrogens with zero attached hydrogens (tertiary/aromatic N) is 1. The molecule has 2 N–H and O–H groups in total. The molecule has 0 aromatic carbocycles. The van der Waals surface area contributed by atoms with Gasteiger partial charge in [-0.2, -0.15) is 0 Å². The molecule has 1 rings (SSSR count). The van der Waals surface area contributed by atoms with Crippen molar-refractivity contribution >= 4 is 11.8 Å². The Balaban J connectivity index is 2.39. The van der Waals surface area contributed by atoms with E-state index in [4.69, 9.17) is 9.84 Å². The molecule has 0 radical (unpaired) electrons. The summed E-state index contributed by atoms with van der Waals surface area (Å²) in [7, 11) is 0. The Morgan fingerprint density at radius 3 is 3.00 bits per heavy atom. The van der Waals surface area contributed by atoms with Gasteiger partial charge in [0.15, 0.2) is 0 Å². The van der Waals surface area contributed by atoms with Gasteiger partial charge in [0.2, 0.25) is 0 Å². The summed E-state index contributed by atoms with van der Waals surface area (Å²) in [6.07, 6.45) is 2.60. The number of aromatic nitrogens is 1. The van der Waals surface area contributed by atoms with Crippen molar-refractivity contribution in [1.82, 2.24) is 4.98 Å². The Hall–Kier alpha value is -1.62. The molecule has 0 aliphatic carbocycles. The van der Waals surface area contributed by atoms with E-state index in [1.165, 1.54) is 6.07 Å². The Morgan fingerprint density at radius 1 is 1.59 bits per heavy atom. The Bertz CT molecular complexity index is 367. The molecule has 0 spiro atoms. The molecule has 0 saturated heterocycles. The average Bonchev–Trinajstić information content (AvgIpc) is 2.28. The minimum absolute atomic E-state index is 0.192. The van der Waals surface area contributed by atoms with Crippen molar-refractivity contribution in [2.75, 3.05) is 18.5 Å². The van der Waals surface area contributed by atoms with Crippen molar-refractivity contribution in [2.45, 2.75) is 26.4 Å². The molecule has 94 valence electrons. The summed E-state index contributed by atoms with van der Waals surface area (Å²) in [5.41, 5.74) is 0.192. The van der Waals surface area contributed by atoms with Crippen LogP contribution in [-0.2, 0) is 4.74 Å². The van der Waals surface area contributed by atoms with Crippen molar-refractivity contribution in [3.63, 3.8) is 0 Å². The smallest absolute Gasteiger partial charge is 0.339 e. The molecule has 1 heterocycles. The van der Waals surface area contributed by atoms with Crippen LogP contribution in [0.5, 0.6) is 0 Å². The molecule has 0 aliphatic heterocycles. The fraction of sp³-hybridized carbons (Fsp3) is 0.500. The highest BCUT2D eigenvalue weighted by molar-refractivity contribution is 5.92. The number of carboxylic acids is 1. The van der Waals surface area contributed by atoms with Gasteiger partial charge in [-0.1, -0.05) is 0 Å². The van der Waals surface area contributed by atoms with Gasteiger partial charge in [0, 0.05) is 19.3 Å². The fourth-order valence-electron chi connectivity index (χ4n) is 1.32. The SMILES string of the molecule is CC(C)OCCCNc1ncccc1C(=O)O. The summed E-state index contributed by atoms with van der Waals surface area (Å²) >= 11 is 0. The molecule has 0 bridgehead atoms. The molecular weight excluding hydrogens is 220 g/mol. The Labute approximate surface area is 101 Å². The maximum absolute atomic E-state index is 10.9. The second kappa shape index (κ2) is 6.85. The van der Waals surface area contributed by atoms with Gasteiger partial charge in [-0.25, -0.2) is 9.78 Å². The van der Waals surface area contributed by atoms with Gasteiger partial charge in [0.05, 0.1) is 6.10 Å². The second-order valence-corrected chi connectivity index (χ2v) is 3.90. The van der Waals surface area contributed by atoms with E-state index in [2.05, 4.69) is 10.3 Å². The zero-order valence-electron chi connectivity index (χ0n) is 10.1. The molecular formula is C12H18N2O3. The zero-order valence-corrected chi connectivity index (χ0v) is 10.1. The number of pyridine rings is 1. The monoisotopic (exact) mass is 238 g/mol. The van der Waals surface area contributed by atoms with E-state index in [0.29, 0.717) is 19.0 Å². The third-order valence-electron chi connectivity index (χ3n) is 2.10. The van der Waals surface area contributed by atoms with Gasteiger partial charge in [-0.3, -0.25) is 0 Å². The number of hydrogen-bond acceptors (Lipinski definition) is 4. The standard InChI is InChI=1S/C12H18N2O3/c1-9(2)17-8-4-7-14-11-10(12(15)16)5-3-6-13-11/h3,5-6,9H,4,7-8H2,1-2H3,(H,13,14)(H,15,16). The van der Waals surface area contributed by atoms with Crippen molar-refractivity contribution in [1.29, 1.82) is 0 Å². The maximum atomic E-state index is 10.9. The predicted molar refractivity (Wildman–Crippen MR) is 65.4 cm³/mol. The van der Waals surface area contributed by atoms with Crippen LogP contribution < -0.4 is 5.32 Å². The van der Waals surface area contributed by atoms with Crippen molar-refractivity contribution in [2.24, 2.45) is 0 Å². The lowest BCUT2D eigenvalue weighted by Gasteiger charge is -2.09. The first kappa shape index (κ1) is 13.4. The molecule has 17 heavy (non-hydrogen) atoms. The first-order chi connectivity index (χ1) is 8.11. The maximum Gasteiger partial charge on any atom is 0.339 e. The van der Waals surface area contributed by atoms with Gasteiger partial charge in [-0.05, 0) is 32.4 Å². The van der Waals surface area contributed by atoms with Crippen molar-refractivity contribution in [3.05, 3.63) is 23.9 Å². The third-order valence-corrected chi connectivity index (χ3v) is 2.10. The van der Waals surface area contributed by atoms with Crippen molar-refractivity contribution in [3.8, 4) is 0 Å². The van der Waals surface area contributed by atoms with Crippen LogP contribution in [0, 0.1) is 0 Å².